The van der Waals surface area contributed by atoms with Crippen molar-refractivity contribution in [2.45, 2.75) is 13.0 Å². The lowest BCUT2D eigenvalue weighted by molar-refractivity contribution is 0.0914. The third-order valence-electron chi connectivity index (χ3n) is 4.65. The highest BCUT2D eigenvalue weighted by Crippen LogP contribution is 2.27. The number of nitrogens with zero attached hydrogens (tertiary/aromatic N) is 2. The number of halogens is 1. The van der Waals surface area contributed by atoms with Crippen LogP contribution >= 0.6 is 0 Å². The van der Waals surface area contributed by atoms with Gasteiger partial charge in [0.15, 0.2) is 5.76 Å². The molecule has 1 N–H and O–H groups in total. The van der Waals surface area contributed by atoms with E-state index in [2.05, 4.69) is 10.3 Å². The van der Waals surface area contributed by atoms with Gasteiger partial charge in [0.1, 0.15) is 23.3 Å². The van der Waals surface area contributed by atoms with E-state index in [1.807, 2.05) is 42.8 Å². The maximum Gasteiger partial charge on any atom is 0.288 e. The van der Waals surface area contributed by atoms with Crippen LogP contribution in [0.4, 0.5) is 4.39 Å². The van der Waals surface area contributed by atoms with Gasteiger partial charge >= 0.3 is 0 Å². The zero-order valence-electron chi connectivity index (χ0n) is 14.9. The van der Waals surface area contributed by atoms with Crippen LogP contribution in [0.5, 0.6) is 0 Å². The number of rotatable bonds is 4. The predicted molar refractivity (Wildman–Crippen MR) is 99.9 cm³/mol. The van der Waals surface area contributed by atoms with Crippen molar-refractivity contribution in [3.8, 4) is 0 Å². The van der Waals surface area contributed by atoms with Crippen LogP contribution in [0.15, 0.2) is 65.3 Å². The Morgan fingerprint density at radius 2 is 1.93 bits per heavy atom. The second-order valence-corrected chi connectivity index (χ2v) is 6.41. The summed E-state index contributed by atoms with van der Waals surface area (Å²) in [5.74, 6) is 0.221. The Hall–Kier alpha value is -3.41. The summed E-state index contributed by atoms with van der Waals surface area (Å²) in [6.45, 7) is 1.86. The molecule has 5 nitrogen and oxygen atoms in total. The second kappa shape index (κ2) is 6.72. The van der Waals surface area contributed by atoms with Crippen LogP contribution in [0.1, 0.15) is 33.5 Å². The molecule has 2 heterocycles. The number of benzene rings is 2. The molecule has 0 bridgehead atoms. The van der Waals surface area contributed by atoms with Gasteiger partial charge in [0.05, 0.1) is 0 Å². The van der Waals surface area contributed by atoms with Gasteiger partial charge in [-0.15, -0.1) is 0 Å². The van der Waals surface area contributed by atoms with Crippen molar-refractivity contribution in [3.05, 3.63) is 89.5 Å². The van der Waals surface area contributed by atoms with Gasteiger partial charge in [0.25, 0.3) is 5.91 Å². The van der Waals surface area contributed by atoms with Gasteiger partial charge in [-0.1, -0.05) is 30.3 Å². The Bertz CT molecular complexity index is 1110. The highest BCUT2D eigenvalue weighted by molar-refractivity contribution is 5.99. The maximum absolute atomic E-state index is 13.3. The van der Waals surface area contributed by atoms with Crippen molar-refractivity contribution in [2.75, 3.05) is 0 Å². The highest BCUT2D eigenvalue weighted by Gasteiger charge is 2.25. The van der Waals surface area contributed by atoms with Crippen molar-refractivity contribution in [1.82, 2.24) is 14.9 Å². The number of furan rings is 1. The molecule has 2 aromatic heterocycles. The van der Waals surface area contributed by atoms with Crippen LogP contribution in [-0.2, 0) is 7.05 Å². The summed E-state index contributed by atoms with van der Waals surface area (Å²) in [7, 11) is 1.84. The van der Waals surface area contributed by atoms with Crippen LogP contribution < -0.4 is 5.32 Å². The first kappa shape index (κ1) is 17.0. The first-order chi connectivity index (χ1) is 13.0. The predicted octanol–water partition coefficient (Wildman–Crippen LogP) is 4.13. The SMILES string of the molecule is Cc1c(C(=O)N[C@H](c2ccc(F)cc2)c2nccn2C)oc2ccccc12. The monoisotopic (exact) mass is 363 g/mol. The fraction of sp³-hybridized carbons (Fsp3) is 0.143. The summed E-state index contributed by atoms with van der Waals surface area (Å²) in [4.78, 5) is 17.3. The normalized spacial score (nSPS) is 12.3. The average molecular weight is 363 g/mol. The Kier molecular flexibility index (Phi) is 4.24. The molecule has 4 rings (SSSR count). The number of hydrogen-bond donors (Lipinski definition) is 1. The third kappa shape index (κ3) is 3.10. The van der Waals surface area contributed by atoms with E-state index in [1.165, 1.54) is 12.1 Å². The van der Waals surface area contributed by atoms with Crippen molar-refractivity contribution < 1.29 is 13.6 Å². The number of hydrogen-bond acceptors (Lipinski definition) is 3. The molecule has 1 amide bonds. The number of nitrogens with one attached hydrogen (secondary N) is 1. The lowest BCUT2D eigenvalue weighted by Crippen LogP contribution is -2.31. The maximum atomic E-state index is 13.3. The minimum atomic E-state index is -0.536. The third-order valence-corrected chi connectivity index (χ3v) is 4.65. The van der Waals surface area contributed by atoms with Gasteiger partial charge in [-0.2, -0.15) is 0 Å². The lowest BCUT2D eigenvalue weighted by atomic mass is 10.1. The van der Waals surface area contributed by atoms with Gasteiger partial charge in [-0.25, -0.2) is 9.37 Å². The number of imidazole rings is 1. The zero-order valence-corrected chi connectivity index (χ0v) is 14.9. The minimum absolute atomic E-state index is 0.262. The topological polar surface area (TPSA) is 60.1 Å². The first-order valence-electron chi connectivity index (χ1n) is 8.56. The van der Waals surface area contributed by atoms with Gasteiger partial charge < -0.3 is 14.3 Å². The Morgan fingerprint density at radius 1 is 1.19 bits per heavy atom. The van der Waals surface area contributed by atoms with Crippen LogP contribution in [0.3, 0.4) is 0 Å². The first-order valence-corrected chi connectivity index (χ1v) is 8.56. The Labute approximate surface area is 155 Å². The molecule has 0 radical (unpaired) electrons. The number of para-hydroxylation sites is 1. The minimum Gasteiger partial charge on any atom is -0.451 e. The summed E-state index contributed by atoms with van der Waals surface area (Å²) in [6, 6.07) is 13.0. The van der Waals surface area contributed by atoms with Crippen LogP contribution in [0, 0.1) is 12.7 Å². The number of aryl methyl sites for hydroxylation is 2. The molecule has 0 saturated heterocycles. The van der Waals surface area contributed by atoms with Crippen molar-refractivity contribution in [1.29, 1.82) is 0 Å². The highest BCUT2D eigenvalue weighted by atomic mass is 19.1. The molecule has 2 aromatic carbocycles. The number of carbonyl (C=O) groups excluding carboxylic acids is 1. The smallest absolute Gasteiger partial charge is 0.288 e. The molecule has 0 saturated carbocycles. The van der Waals surface area contributed by atoms with E-state index in [-0.39, 0.29) is 17.5 Å². The molecule has 136 valence electrons. The summed E-state index contributed by atoms with van der Waals surface area (Å²) in [6.07, 6.45) is 3.45. The zero-order chi connectivity index (χ0) is 19.0. The van der Waals surface area contributed by atoms with Gasteiger partial charge in [0, 0.05) is 30.4 Å². The standard InChI is InChI=1S/C21H18FN3O2/c1-13-16-5-3-4-6-17(16)27-19(13)21(26)24-18(20-23-11-12-25(20)2)14-7-9-15(22)10-8-14/h3-12,18H,1-2H3,(H,24,26)/t18-/m1/s1. The molecule has 0 aliphatic carbocycles. The van der Waals surface area contributed by atoms with Crippen LogP contribution in [0.25, 0.3) is 11.0 Å². The van der Waals surface area contributed by atoms with E-state index >= 15 is 0 Å². The molecule has 1 atom stereocenters. The van der Waals surface area contributed by atoms with Crippen LogP contribution in [-0.4, -0.2) is 15.5 Å². The number of aromatic nitrogens is 2. The molecule has 0 aliphatic rings. The van der Waals surface area contributed by atoms with E-state index in [0.29, 0.717) is 11.4 Å². The number of carbonyl (C=O) groups is 1. The molecule has 0 aliphatic heterocycles. The van der Waals surface area contributed by atoms with Gasteiger partial charge in [-0.05, 0) is 30.7 Å². The van der Waals surface area contributed by atoms with E-state index in [0.717, 1.165) is 16.5 Å². The van der Waals surface area contributed by atoms with Gasteiger partial charge in [0.2, 0.25) is 0 Å². The summed E-state index contributed by atoms with van der Waals surface area (Å²) in [5, 5.41) is 3.88. The number of amides is 1. The molecule has 4 aromatic rings. The average Bonchev–Trinajstić information content (AvgIpc) is 3.24. The van der Waals surface area contributed by atoms with Crippen molar-refractivity contribution in [3.63, 3.8) is 0 Å². The molecule has 27 heavy (non-hydrogen) atoms. The lowest BCUT2D eigenvalue weighted by Gasteiger charge is -2.18. The van der Waals surface area contributed by atoms with Crippen LogP contribution in [0.2, 0.25) is 0 Å². The van der Waals surface area contributed by atoms with Gasteiger partial charge in [-0.3, -0.25) is 4.79 Å². The van der Waals surface area contributed by atoms with Crippen molar-refractivity contribution in [2.24, 2.45) is 7.05 Å². The van der Waals surface area contributed by atoms with E-state index in [4.69, 9.17) is 4.42 Å². The second-order valence-electron chi connectivity index (χ2n) is 6.41. The largest absolute Gasteiger partial charge is 0.451 e. The Balaban J connectivity index is 1.72. The fourth-order valence-electron chi connectivity index (χ4n) is 3.20. The number of fused-ring (bicyclic) bond motifs is 1. The summed E-state index contributed by atoms with van der Waals surface area (Å²) in [5.41, 5.74) is 2.17. The fourth-order valence-corrected chi connectivity index (χ4v) is 3.20. The molecule has 0 spiro atoms. The molecule has 6 heteroatoms. The Morgan fingerprint density at radius 3 is 2.59 bits per heavy atom. The molecule has 0 fully saturated rings. The molecular weight excluding hydrogens is 345 g/mol. The van der Waals surface area contributed by atoms with E-state index < -0.39 is 6.04 Å². The quantitative estimate of drug-likeness (QED) is 0.593. The summed E-state index contributed by atoms with van der Waals surface area (Å²) < 4.78 is 20.9. The van der Waals surface area contributed by atoms with E-state index in [1.54, 1.807) is 24.5 Å². The van der Waals surface area contributed by atoms with Crippen molar-refractivity contribution >= 4 is 16.9 Å². The molecule has 0 unspecified atom stereocenters. The van der Waals surface area contributed by atoms with E-state index in [9.17, 15) is 9.18 Å². The summed E-state index contributed by atoms with van der Waals surface area (Å²) >= 11 is 0. The molecular formula is C21H18FN3O2.